The van der Waals surface area contributed by atoms with Crippen molar-refractivity contribution in [1.29, 1.82) is 0 Å². The molecule has 1 aliphatic heterocycles. The molecule has 0 unspecified atom stereocenters. The van der Waals surface area contributed by atoms with E-state index in [0.29, 0.717) is 34.1 Å². The molecule has 0 radical (unpaired) electrons. The Labute approximate surface area is 178 Å². The molecule has 0 fully saturated rings. The highest BCUT2D eigenvalue weighted by atomic mass is 16.5. The number of carbonyl (C=O) groups excluding carboxylic acids is 2. The summed E-state index contributed by atoms with van der Waals surface area (Å²) >= 11 is 0. The van der Waals surface area contributed by atoms with E-state index >= 15 is 0 Å². The predicted molar refractivity (Wildman–Crippen MR) is 110 cm³/mol. The number of ketones is 1. The Kier molecular flexibility index (Phi) is 6.44. The van der Waals surface area contributed by atoms with Crippen LogP contribution in [0.15, 0.2) is 42.2 Å². The number of Topliss-reactive ketones (excluding diaryl/α,β-unsaturated/α-hetero) is 1. The van der Waals surface area contributed by atoms with Gasteiger partial charge in [0.2, 0.25) is 5.78 Å². The number of nitrogens with one attached hydrogen (secondary N) is 1. The lowest BCUT2D eigenvalue weighted by Gasteiger charge is -2.10. The van der Waals surface area contributed by atoms with Gasteiger partial charge in [0.1, 0.15) is 29.0 Å². The average molecular weight is 427 g/mol. The first-order valence-electron chi connectivity index (χ1n) is 9.27. The largest absolute Gasteiger partial charge is 0.497 e. The SMILES string of the molecule is COc1ccc(/C=C2\Oc3cc(OCC(=O)N[C@H](C)C(=O)O)ccc3C2=O)c(OC)c1. The van der Waals surface area contributed by atoms with Crippen LogP contribution in [0.4, 0.5) is 0 Å². The maximum atomic E-state index is 12.7. The normalized spacial score (nSPS) is 14.4. The van der Waals surface area contributed by atoms with Gasteiger partial charge in [0.25, 0.3) is 5.91 Å². The highest BCUT2D eigenvalue weighted by Crippen LogP contribution is 2.36. The minimum Gasteiger partial charge on any atom is -0.497 e. The van der Waals surface area contributed by atoms with Gasteiger partial charge in [-0.25, -0.2) is 0 Å². The molecular formula is C22H21NO8. The number of amides is 1. The smallest absolute Gasteiger partial charge is 0.325 e. The lowest BCUT2D eigenvalue weighted by molar-refractivity contribution is -0.141. The minimum atomic E-state index is -1.15. The monoisotopic (exact) mass is 427 g/mol. The zero-order valence-corrected chi connectivity index (χ0v) is 17.1. The highest BCUT2D eigenvalue weighted by Gasteiger charge is 2.28. The molecule has 0 aromatic heterocycles. The van der Waals surface area contributed by atoms with Crippen molar-refractivity contribution in [3.05, 3.63) is 53.3 Å². The van der Waals surface area contributed by atoms with Crippen LogP contribution in [0.1, 0.15) is 22.8 Å². The van der Waals surface area contributed by atoms with Crippen LogP contribution in [0.3, 0.4) is 0 Å². The maximum absolute atomic E-state index is 12.7. The summed E-state index contributed by atoms with van der Waals surface area (Å²) in [4.78, 5) is 35.2. The fourth-order valence-corrected chi connectivity index (χ4v) is 2.83. The van der Waals surface area contributed by atoms with Crippen LogP contribution in [-0.2, 0) is 9.59 Å². The van der Waals surface area contributed by atoms with E-state index in [1.807, 2.05) is 0 Å². The second-order valence-corrected chi connectivity index (χ2v) is 6.62. The molecule has 2 N–H and O–H groups in total. The molecule has 1 aliphatic rings. The highest BCUT2D eigenvalue weighted by molar-refractivity contribution is 6.14. The van der Waals surface area contributed by atoms with Gasteiger partial charge in [-0.15, -0.1) is 0 Å². The number of aliphatic carboxylic acids is 1. The summed E-state index contributed by atoms with van der Waals surface area (Å²) in [5.74, 6) is -0.191. The molecule has 31 heavy (non-hydrogen) atoms. The summed E-state index contributed by atoms with van der Waals surface area (Å²) < 4.78 is 21.6. The molecule has 1 amide bonds. The van der Waals surface area contributed by atoms with E-state index < -0.39 is 17.9 Å². The Balaban J connectivity index is 1.72. The Morgan fingerprint density at radius 3 is 2.55 bits per heavy atom. The zero-order valence-electron chi connectivity index (χ0n) is 17.1. The molecule has 2 aromatic rings. The second kappa shape index (κ2) is 9.21. The molecule has 1 atom stereocenters. The van der Waals surface area contributed by atoms with E-state index in [1.54, 1.807) is 31.4 Å². The molecule has 0 spiro atoms. The van der Waals surface area contributed by atoms with Gasteiger partial charge in [0.15, 0.2) is 12.4 Å². The summed E-state index contributed by atoms with van der Waals surface area (Å²) in [5, 5.41) is 11.1. The lowest BCUT2D eigenvalue weighted by atomic mass is 10.1. The van der Waals surface area contributed by atoms with Gasteiger partial charge >= 0.3 is 5.97 Å². The topological polar surface area (TPSA) is 120 Å². The van der Waals surface area contributed by atoms with E-state index in [-0.39, 0.29) is 18.1 Å². The Morgan fingerprint density at radius 2 is 1.87 bits per heavy atom. The fraction of sp³-hybridized carbons (Fsp3) is 0.227. The van der Waals surface area contributed by atoms with Crippen molar-refractivity contribution < 1.29 is 38.4 Å². The van der Waals surface area contributed by atoms with Gasteiger partial charge in [-0.2, -0.15) is 0 Å². The number of ether oxygens (including phenoxy) is 4. The molecule has 0 saturated heterocycles. The number of carboxylic acid groups (broad SMARTS) is 1. The van der Waals surface area contributed by atoms with E-state index in [4.69, 9.17) is 24.1 Å². The lowest BCUT2D eigenvalue weighted by Crippen LogP contribution is -2.40. The van der Waals surface area contributed by atoms with Crippen LogP contribution >= 0.6 is 0 Å². The van der Waals surface area contributed by atoms with Crippen molar-refractivity contribution in [3.8, 4) is 23.0 Å². The third-order valence-corrected chi connectivity index (χ3v) is 4.49. The molecule has 162 valence electrons. The van der Waals surface area contributed by atoms with Crippen LogP contribution in [0.5, 0.6) is 23.0 Å². The molecule has 2 aromatic carbocycles. The summed E-state index contributed by atoms with van der Waals surface area (Å²) in [7, 11) is 3.06. The zero-order chi connectivity index (χ0) is 22.5. The van der Waals surface area contributed by atoms with Crippen LogP contribution in [0.25, 0.3) is 6.08 Å². The van der Waals surface area contributed by atoms with Gasteiger partial charge < -0.3 is 29.4 Å². The Bertz CT molecular complexity index is 1060. The molecule has 9 heteroatoms. The summed E-state index contributed by atoms with van der Waals surface area (Å²) in [5.41, 5.74) is 0.996. The van der Waals surface area contributed by atoms with Gasteiger partial charge in [-0.05, 0) is 37.3 Å². The molecule has 0 bridgehead atoms. The van der Waals surface area contributed by atoms with Gasteiger partial charge in [0.05, 0.1) is 19.8 Å². The average Bonchev–Trinajstić information content (AvgIpc) is 3.07. The molecule has 3 rings (SSSR count). The third kappa shape index (κ3) is 4.95. The van der Waals surface area contributed by atoms with Crippen LogP contribution < -0.4 is 24.3 Å². The number of hydrogen-bond donors (Lipinski definition) is 2. The minimum absolute atomic E-state index is 0.114. The third-order valence-electron chi connectivity index (χ3n) is 4.49. The quantitative estimate of drug-likeness (QED) is 0.616. The Morgan fingerprint density at radius 1 is 1.13 bits per heavy atom. The maximum Gasteiger partial charge on any atom is 0.325 e. The van der Waals surface area contributed by atoms with Crippen LogP contribution in [0, 0.1) is 0 Å². The van der Waals surface area contributed by atoms with Crippen molar-refractivity contribution in [1.82, 2.24) is 5.32 Å². The molecular weight excluding hydrogens is 406 g/mol. The fourth-order valence-electron chi connectivity index (χ4n) is 2.83. The van der Waals surface area contributed by atoms with Gasteiger partial charge in [0, 0.05) is 17.7 Å². The standard InChI is InChI=1S/C22H21NO8/c1-12(22(26)27)23-20(24)11-30-15-6-7-16-18(10-15)31-19(21(16)25)8-13-4-5-14(28-2)9-17(13)29-3/h4-10,12H,11H2,1-3H3,(H,23,24)(H,26,27)/b19-8-/t12-/m1/s1. The molecule has 1 heterocycles. The number of carboxylic acids is 1. The number of rotatable bonds is 8. The van der Waals surface area contributed by atoms with Crippen molar-refractivity contribution in [2.45, 2.75) is 13.0 Å². The number of hydrogen-bond acceptors (Lipinski definition) is 7. The number of fused-ring (bicyclic) bond motifs is 1. The second-order valence-electron chi connectivity index (χ2n) is 6.62. The van der Waals surface area contributed by atoms with E-state index in [9.17, 15) is 14.4 Å². The summed E-state index contributed by atoms with van der Waals surface area (Å²) in [6.07, 6.45) is 1.57. The van der Waals surface area contributed by atoms with Crippen molar-refractivity contribution >= 4 is 23.7 Å². The predicted octanol–water partition coefficient (Wildman–Crippen LogP) is 2.29. The summed E-state index contributed by atoms with van der Waals surface area (Å²) in [6, 6.07) is 8.72. The summed E-state index contributed by atoms with van der Waals surface area (Å²) in [6.45, 7) is 0.969. The van der Waals surface area contributed by atoms with Crippen molar-refractivity contribution in [2.24, 2.45) is 0 Å². The molecule has 9 nitrogen and oxygen atoms in total. The number of benzene rings is 2. The molecule has 0 saturated carbocycles. The first kappa shape index (κ1) is 21.7. The number of methoxy groups -OCH3 is 2. The number of carbonyl (C=O) groups is 3. The van der Waals surface area contributed by atoms with Gasteiger partial charge in [-0.3, -0.25) is 14.4 Å². The van der Waals surface area contributed by atoms with E-state index in [1.165, 1.54) is 32.2 Å². The van der Waals surface area contributed by atoms with E-state index in [0.717, 1.165) is 0 Å². The number of allylic oxidation sites excluding steroid dienone is 1. The van der Waals surface area contributed by atoms with E-state index in [2.05, 4.69) is 5.32 Å². The van der Waals surface area contributed by atoms with Crippen LogP contribution in [-0.4, -0.2) is 49.6 Å². The first-order valence-corrected chi connectivity index (χ1v) is 9.27. The Hall–Kier alpha value is -4.01. The molecule has 0 aliphatic carbocycles. The first-order chi connectivity index (χ1) is 14.8. The van der Waals surface area contributed by atoms with Crippen molar-refractivity contribution in [2.75, 3.05) is 20.8 Å². The van der Waals surface area contributed by atoms with Gasteiger partial charge in [-0.1, -0.05) is 0 Å². The van der Waals surface area contributed by atoms with Crippen molar-refractivity contribution in [3.63, 3.8) is 0 Å². The van der Waals surface area contributed by atoms with Crippen LogP contribution in [0.2, 0.25) is 0 Å².